The largest absolute Gasteiger partial charge is 0.332 e. The van der Waals surface area contributed by atoms with E-state index < -0.39 is 11.9 Å². The van der Waals surface area contributed by atoms with E-state index in [4.69, 9.17) is 0 Å². The second kappa shape index (κ2) is 8.81. The summed E-state index contributed by atoms with van der Waals surface area (Å²) >= 11 is 0. The van der Waals surface area contributed by atoms with Crippen LogP contribution in [0.4, 0.5) is 0 Å². The number of hydrogen-bond donors (Lipinski definition) is 1. The van der Waals surface area contributed by atoms with Crippen LogP contribution in [0.25, 0.3) is 5.69 Å². The van der Waals surface area contributed by atoms with Crippen molar-refractivity contribution < 1.29 is 19.2 Å². The molecule has 36 heavy (non-hydrogen) atoms. The van der Waals surface area contributed by atoms with Crippen LogP contribution < -0.4 is 5.32 Å². The minimum atomic E-state index is -0.659. The number of fused-ring (bicyclic) bond motifs is 2. The molecular formula is C25H29N7O4. The number of imide groups is 1. The Morgan fingerprint density at radius 1 is 1.11 bits per heavy atom. The molecule has 6 rings (SSSR count). The van der Waals surface area contributed by atoms with E-state index in [1.807, 2.05) is 17.0 Å². The van der Waals surface area contributed by atoms with E-state index in [1.54, 1.807) is 12.3 Å². The van der Waals surface area contributed by atoms with Gasteiger partial charge in [-0.05, 0) is 50.4 Å². The maximum absolute atomic E-state index is 13.3. The van der Waals surface area contributed by atoms with Gasteiger partial charge in [-0.25, -0.2) is 4.68 Å². The Bertz CT molecular complexity index is 1260. The molecule has 188 valence electrons. The first-order valence-corrected chi connectivity index (χ1v) is 12.6. The monoisotopic (exact) mass is 491 g/mol. The van der Waals surface area contributed by atoms with Crippen molar-refractivity contribution in [1.29, 1.82) is 0 Å². The van der Waals surface area contributed by atoms with Gasteiger partial charge in [-0.2, -0.15) is 0 Å². The van der Waals surface area contributed by atoms with Gasteiger partial charge in [-0.15, -0.1) is 5.10 Å². The number of aromatic nitrogens is 3. The van der Waals surface area contributed by atoms with Gasteiger partial charge >= 0.3 is 0 Å². The predicted octanol–water partition coefficient (Wildman–Crippen LogP) is 0.727. The molecule has 0 spiro atoms. The molecule has 2 aromatic rings. The molecule has 0 radical (unpaired) electrons. The van der Waals surface area contributed by atoms with Crippen LogP contribution in [0.5, 0.6) is 0 Å². The molecule has 5 heterocycles. The maximum atomic E-state index is 13.3. The molecule has 1 aromatic heterocycles. The highest BCUT2D eigenvalue weighted by atomic mass is 16.2. The van der Waals surface area contributed by atoms with Crippen molar-refractivity contribution in [2.24, 2.45) is 0 Å². The molecule has 0 bridgehead atoms. The summed E-state index contributed by atoms with van der Waals surface area (Å²) in [7, 11) is 0. The van der Waals surface area contributed by atoms with Crippen molar-refractivity contribution in [3.05, 3.63) is 41.2 Å². The quantitative estimate of drug-likeness (QED) is 0.629. The second-order valence-corrected chi connectivity index (χ2v) is 10.2. The number of benzene rings is 1. The lowest BCUT2D eigenvalue weighted by Gasteiger charge is -2.47. The number of carbonyl (C=O) groups is 4. The van der Waals surface area contributed by atoms with Crippen LogP contribution in [-0.2, 0) is 16.1 Å². The fourth-order valence-corrected chi connectivity index (χ4v) is 5.96. The zero-order chi connectivity index (χ0) is 25.0. The first kappa shape index (κ1) is 22.8. The highest BCUT2D eigenvalue weighted by Crippen LogP contribution is 2.29. The summed E-state index contributed by atoms with van der Waals surface area (Å²) in [5.41, 5.74) is 2.19. The normalized spacial score (nSPS) is 26.6. The lowest BCUT2D eigenvalue weighted by atomic mass is 9.97. The van der Waals surface area contributed by atoms with Gasteiger partial charge in [0, 0.05) is 43.7 Å². The van der Waals surface area contributed by atoms with Crippen LogP contribution in [0, 0.1) is 0 Å². The first-order valence-electron chi connectivity index (χ1n) is 12.6. The van der Waals surface area contributed by atoms with E-state index in [0.717, 1.165) is 25.1 Å². The Labute approximate surface area is 208 Å². The molecule has 0 saturated carbocycles. The summed E-state index contributed by atoms with van der Waals surface area (Å²) in [6.07, 6.45) is 5.68. The molecule has 3 unspecified atom stereocenters. The molecule has 1 N–H and O–H groups in total. The molecule has 4 amide bonds. The van der Waals surface area contributed by atoms with Gasteiger partial charge in [0.05, 0.1) is 11.9 Å². The molecule has 3 atom stereocenters. The topological polar surface area (TPSA) is 121 Å². The fraction of sp³-hybridized carbons (Fsp3) is 0.520. The third-order valence-corrected chi connectivity index (χ3v) is 7.94. The number of piperazine rings is 1. The van der Waals surface area contributed by atoms with Crippen molar-refractivity contribution in [1.82, 2.24) is 35.0 Å². The molecule has 11 heteroatoms. The standard InChI is InChI=1S/C25H29N7O4/c1-15-11-29-9-3-2-4-18(29)13-30(15)25(36)20-14-32(28-27-20)17-6-5-16-12-31(24(35)19(16)10-17)21-7-8-22(33)26-23(21)34/h5-6,10,14-15,18,21H,2-4,7-9,11-13H2,1H3,(H,26,33,34). The van der Waals surface area contributed by atoms with Crippen LogP contribution in [0.3, 0.4) is 0 Å². The predicted molar refractivity (Wildman–Crippen MR) is 127 cm³/mol. The Balaban J connectivity index is 1.19. The van der Waals surface area contributed by atoms with Crippen molar-refractivity contribution in [2.45, 2.75) is 63.7 Å². The lowest BCUT2D eigenvalue weighted by Crippen LogP contribution is -2.60. The van der Waals surface area contributed by atoms with Gasteiger partial charge in [-0.1, -0.05) is 17.7 Å². The van der Waals surface area contributed by atoms with E-state index >= 15 is 0 Å². The molecule has 11 nitrogen and oxygen atoms in total. The van der Waals surface area contributed by atoms with Crippen LogP contribution in [0.15, 0.2) is 24.4 Å². The average Bonchev–Trinajstić information content (AvgIpc) is 3.48. The number of amides is 4. The van der Waals surface area contributed by atoms with Crippen molar-refractivity contribution in [2.75, 3.05) is 19.6 Å². The maximum Gasteiger partial charge on any atom is 0.276 e. The number of piperidine rings is 2. The molecule has 0 aliphatic carbocycles. The summed E-state index contributed by atoms with van der Waals surface area (Å²) in [6.45, 7) is 5.07. The van der Waals surface area contributed by atoms with Gasteiger partial charge in [0.1, 0.15) is 6.04 Å². The Hall–Kier alpha value is -3.60. The van der Waals surface area contributed by atoms with Crippen LogP contribution >= 0.6 is 0 Å². The number of hydrogen-bond acceptors (Lipinski definition) is 7. The number of rotatable bonds is 3. The molecular weight excluding hydrogens is 462 g/mol. The van der Waals surface area contributed by atoms with Crippen LogP contribution in [-0.4, -0.2) is 91.1 Å². The van der Waals surface area contributed by atoms with E-state index in [1.165, 1.54) is 22.4 Å². The minimum absolute atomic E-state index is 0.105. The second-order valence-electron chi connectivity index (χ2n) is 10.2. The highest BCUT2D eigenvalue weighted by molar-refractivity contribution is 6.05. The molecule has 4 aliphatic heterocycles. The first-order chi connectivity index (χ1) is 17.4. The number of nitrogens with one attached hydrogen (secondary N) is 1. The zero-order valence-electron chi connectivity index (χ0n) is 20.2. The summed E-state index contributed by atoms with van der Waals surface area (Å²) in [5.74, 6) is -1.12. The van der Waals surface area contributed by atoms with Crippen LogP contribution in [0.2, 0.25) is 0 Å². The van der Waals surface area contributed by atoms with Gasteiger partial charge in [0.2, 0.25) is 11.8 Å². The molecule has 3 fully saturated rings. The number of nitrogens with zero attached hydrogens (tertiary/aromatic N) is 6. The van der Waals surface area contributed by atoms with E-state index in [0.29, 0.717) is 36.8 Å². The molecule has 1 aromatic carbocycles. The van der Waals surface area contributed by atoms with E-state index in [9.17, 15) is 19.2 Å². The summed E-state index contributed by atoms with van der Waals surface area (Å²) in [5, 5.41) is 10.6. The van der Waals surface area contributed by atoms with Crippen molar-refractivity contribution in [3.8, 4) is 5.69 Å². The minimum Gasteiger partial charge on any atom is -0.332 e. The number of carbonyl (C=O) groups excluding carboxylic acids is 4. The fourth-order valence-electron chi connectivity index (χ4n) is 5.96. The SMILES string of the molecule is CC1CN2CCCCC2CN1C(=O)c1cn(-c2ccc3c(c2)C(=O)N(C2CCC(=O)NC2=O)C3)nn1. The summed E-state index contributed by atoms with van der Waals surface area (Å²) in [4.78, 5) is 56.1. The Morgan fingerprint density at radius 2 is 1.97 bits per heavy atom. The highest BCUT2D eigenvalue weighted by Gasteiger charge is 2.39. The van der Waals surface area contributed by atoms with E-state index in [2.05, 4.69) is 27.5 Å². The zero-order valence-corrected chi connectivity index (χ0v) is 20.2. The molecule has 4 aliphatic rings. The third-order valence-electron chi connectivity index (χ3n) is 7.94. The van der Waals surface area contributed by atoms with Crippen molar-refractivity contribution >= 4 is 23.6 Å². The lowest BCUT2D eigenvalue weighted by molar-refractivity contribution is -0.136. The summed E-state index contributed by atoms with van der Waals surface area (Å²) < 4.78 is 1.51. The van der Waals surface area contributed by atoms with E-state index in [-0.39, 0.29) is 35.9 Å². The van der Waals surface area contributed by atoms with Gasteiger partial charge in [0.25, 0.3) is 11.8 Å². The van der Waals surface area contributed by atoms with Gasteiger partial charge in [0.15, 0.2) is 5.69 Å². The average molecular weight is 492 g/mol. The summed E-state index contributed by atoms with van der Waals surface area (Å²) in [6, 6.07) is 5.23. The van der Waals surface area contributed by atoms with Crippen LogP contribution in [0.1, 0.15) is 65.4 Å². The molecule has 3 saturated heterocycles. The van der Waals surface area contributed by atoms with Gasteiger partial charge in [-0.3, -0.25) is 29.4 Å². The van der Waals surface area contributed by atoms with Crippen molar-refractivity contribution in [3.63, 3.8) is 0 Å². The van der Waals surface area contributed by atoms with Gasteiger partial charge < -0.3 is 9.80 Å². The third kappa shape index (κ3) is 3.87. The Kier molecular flexibility index (Phi) is 5.59. The smallest absolute Gasteiger partial charge is 0.276 e. The Morgan fingerprint density at radius 3 is 2.81 bits per heavy atom.